The number of hydrogen-bond donors (Lipinski definition) is 1. The van der Waals surface area contributed by atoms with Gasteiger partial charge in [0.15, 0.2) is 6.61 Å². The van der Waals surface area contributed by atoms with Gasteiger partial charge in [-0.2, -0.15) is 5.10 Å². The first-order chi connectivity index (χ1) is 14.8. The maximum atomic E-state index is 12.6. The summed E-state index contributed by atoms with van der Waals surface area (Å²) in [7, 11) is 1.48. The Kier molecular flexibility index (Phi) is 7.20. The summed E-state index contributed by atoms with van der Waals surface area (Å²) in [5, 5.41) is 8.09. The Balaban J connectivity index is 1.67. The van der Waals surface area contributed by atoms with Crippen molar-refractivity contribution in [2.75, 3.05) is 19.0 Å². The summed E-state index contributed by atoms with van der Waals surface area (Å²) < 4.78 is 12.1. The number of benzene rings is 2. The summed E-state index contributed by atoms with van der Waals surface area (Å²) in [5.41, 5.74) is 2.71. The lowest BCUT2D eigenvalue weighted by atomic mass is 10.2. The second-order valence-corrected chi connectivity index (χ2v) is 7.61. The molecule has 0 spiro atoms. The molecule has 3 rings (SSSR count). The number of halogens is 2. The second-order valence-electron chi connectivity index (χ2n) is 6.76. The van der Waals surface area contributed by atoms with E-state index in [1.54, 1.807) is 42.8 Å². The molecular formula is C22H21Cl2N3O4. The molecule has 0 bridgehead atoms. The van der Waals surface area contributed by atoms with E-state index >= 15 is 0 Å². The van der Waals surface area contributed by atoms with Gasteiger partial charge in [0.25, 0.3) is 5.91 Å². The average molecular weight is 462 g/mol. The SMILES string of the molecule is COc1ccc(Cl)cc1NC(=O)COC(=O)c1c(C)nn(Cc2ccccc2Cl)c1C. The van der Waals surface area contributed by atoms with Gasteiger partial charge in [0, 0.05) is 10.0 Å². The van der Waals surface area contributed by atoms with E-state index in [0.29, 0.717) is 45.0 Å². The zero-order valence-corrected chi connectivity index (χ0v) is 18.8. The van der Waals surface area contributed by atoms with E-state index in [4.69, 9.17) is 32.7 Å². The number of ether oxygens (including phenoxy) is 2. The molecule has 31 heavy (non-hydrogen) atoms. The number of nitrogens with one attached hydrogen (secondary N) is 1. The summed E-state index contributed by atoms with van der Waals surface area (Å²) in [5.74, 6) is -0.710. The van der Waals surface area contributed by atoms with E-state index in [2.05, 4.69) is 10.4 Å². The van der Waals surface area contributed by atoms with Crippen molar-refractivity contribution in [3.05, 3.63) is 75.0 Å². The molecule has 3 aromatic rings. The molecule has 2 aromatic carbocycles. The number of carbonyl (C=O) groups is 2. The predicted octanol–water partition coefficient (Wildman–Crippen LogP) is 4.66. The van der Waals surface area contributed by atoms with Crippen LogP contribution in [0.25, 0.3) is 0 Å². The van der Waals surface area contributed by atoms with E-state index in [1.807, 2.05) is 18.2 Å². The molecule has 0 aliphatic carbocycles. The zero-order valence-electron chi connectivity index (χ0n) is 17.2. The number of carbonyl (C=O) groups excluding carboxylic acids is 2. The lowest BCUT2D eigenvalue weighted by Crippen LogP contribution is -2.21. The summed E-state index contributed by atoms with van der Waals surface area (Å²) in [6, 6.07) is 12.2. The van der Waals surface area contributed by atoms with Gasteiger partial charge in [-0.1, -0.05) is 41.4 Å². The number of rotatable bonds is 7. The Bertz CT molecular complexity index is 1130. The first-order valence-electron chi connectivity index (χ1n) is 9.38. The number of aromatic nitrogens is 2. The molecule has 1 amide bonds. The topological polar surface area (TPSA) is 82.4 Å². The summed E-state index contributed by atoms with van der Waals surface area (Å²) in [6.45, 7) is 3.42. The molecule has 0 saturated carbocycles. The average Bonchev–Trinajstić information content (AvgIpc) is 3.01. The van der Waals surface area contributed by atoms with Gasteiger partial charge in [0.1, 0.15) is 11.3 Å². The van der Waals surface area contributed by atoms with Crippen LogP contribution in [0, 0.1) is 13.8 Å². The van der Waals surface area contributed by atoms with Gasteiger partial charge in [-0.3, -0.25) is 9.48 Å². The molecule has 0 saturated heterocycles. The van der Waals surface area contributed by atoms with Crippen LogP contribution in [-0.4, -0.2) is 35.4 Å². The normalized spacial score (nSPS) is 10.6. The van der Waals surface area contributed by atoms with Crippen molar-refractivity contribution < 1.29 is 19.1 Å². The van der Waals surface area contributed by atoms with Crippen molar-refractivity contribution in [1.29, 1.82) is 0 Å². The highest BCUT2D eigenvalue weighted by Crippen LogP contribution is 2.27. The first-order valence-corrected chi connectivity index (χ1v) is 10.1. The van der Waals surface area contributed by atoms with E-state index in [1.165, 1.54) is 7.11 Å². The number of amides is 1. The highest BCUT2D eigenvalue weighted by atomic mass is 35.5. The van der Waals surface area contributed by atoms with Crippen LogP contribution in [0.4, 0.5) is 5.69 Å². The monoisotopic (exact) mass is 461 g/mol. The first kappa shape index (κ1) is 22.7. The van der Waals surface area contributed by atoms with Crippen molar-refractivity contribution in [1.82, 2.24) is 9.78 Å². The molecule has 9 heteroatoms. The van der Waals surface area contributed by atoms with Crippen LogP contribution in [0.2, 0.25) is 10.0 Å². The third-order valence-electron chi connectivity index (χ3n) is 4.63. The third kappa shape index (κ3) is 5.37. The van der Waals surface area contributed by atoms with Crippen molar-refractivity contribution >= 4 is 40.8 Å². The lowest BCUT2D eigenvalue weighted by Gasteiger charge is -2.11. The Morgan fingerprint density at radius 3 is 2.58 bits per heavy atom. The number of hydrogen-bond acceptors (Lipinski definition) is 5. The van der Waals surface area contributed by atoms with Gasteiger partial charge in [0.05, 0.1) is 30.7 Å². The fourth-order valence-corrected chi connectivity index (χ4v) is 3.47. The molecule has 0 aliphatic rings. The van der Waals surface area contributed by atoms with E-state index < -0.39 is 18.5 Å². The fourth-order valence-electron chi connectivity index (χ4n) is 3.10. The second kappa shape index (κ2) is 9.85. The number of esters is 1. The van der Waals surface area contributed by atoms with Crippen LogP contribution in [0.5, 0.6) is 5.75 Å². The van der Waals surface area contributed by atoms with Crippen LogP contribution in [-0.2, 0) is 16.1 Å². The van der Waals surface area contributed by atoms with Gasteiger partial charge in [-0.25, -0.2) is 4.79 Å². The maximum absolute atomic E-state index is 12.6. The molecule has 0 atom stereocenters. The third-order valence-corrected chi connectivity index (χ3v) is 5.24. The van der Waals surface area contributed by atoms with Gasteiger partial charge in [0.2, 0.25) is 0 Å². The highest BCUT2D eigenvalue weighted by molar-refractivity contribution is 6.31. The molecule has 162 valence electrons. The molecule has 0 fully saturated rings. The van der Waals surface area contributed by atoms with E-state index in [0.717, 1.165) is 5.56 Å². The summed E-state index contributed by atoms with van der Waals surface area (Å²) >= 11 is 12.2. The largest absolute Gasteiger partial charge is 0.495 e. The van der Waals surface area contributed by atoms with Gasteiger partial charge in [-0.05, 0) is 43.7 Å². The highest BCUT2D eigenvalue weighted by Gasteiger charge is 2.21. The van der Waals surface area contributed by atoms with Crippen LogP contribution < -0.4 is 10.1 Å². The molecule has 1 heterocycles. The molecule has 0 aliphatic heterocycles. The standard InChI is InChI=1S/C22H21Cl2N3O4/c1-13-21(14(2)27(26-13)11-15-6-4-5-7-17(15)24)22(29)31-12-20(28)25-18-10-16(23)8-9-19(18)30-3/h4-10H,11-12H2,1-3H3,(H,25,28). The van der Waals surface area contributed by atoms with Gasteiger partial charge in [-0.15, -0.1) is 0 Å². The summed E-state index contributed by atoms with van der Waals surface area (Å²) in [4.78, 5) is 24.9. The number of methoxy groups -OCH3 is 1. The minimum absolute atomic E-state index is 0.320. The predicted molar refractivity (Wildman–Crippen MR) is 119 cm³/mol. The Labute approximate surface area is 189 Å². The number of anilines is 1. The minimum Gasteiger partial charge on any atom is -0.495 e. The Hall–Kier alpha value is -3.03. The zero-order chi connectivity index (χ0) is 22.5. The smallest absolute Gasteiger partial charge is 0.342 e. The fraction of sp³-hybridized carbons (Fsp3) is 0.227. The van der Waals surface area contributed by atoms with E-state index in [-0.39, 0.29) is 0 Å². The number of nitrogens with zero attached hydrogens (tertiary/aromatic N) is 2. The Morgan fingerprint density at radius 1 is 1.13 bits per heavy atom. The van der Waals surface area contributed by atoms with Gasteiger partial charge < -0.3 is 14.8 Å². The van der Waals surface area contributed by atoms with Crippen LogP contribution in [0.1, 0.15) is 27.3 Å². The molecule has 7 nitrogen and oxygen atoms in total. The minimum atomic E-state index is -0.631. The quantitative estimate of drug-likeness (QED) is 0.517. The molecule has 1 aromatic heterocycles. The summed E-state index contributed by atoms with van der Waals surface area (Å²) in [6.07, 6.45) is 0. The maximum Gasteiger partial charge on any atom is 0.342 e. The van der Waals surface area contributed by atoms with Crippen LogP contribution in [0.15, 0.2) is 42.5 Å². The van der Waals surface area contributed by atoms with Crippen LogP contribution in [0.3, 0.4) is 0 Å². The molecule has 0 unspecified atom stereocenters. The van der Waals surface area contributed by atoms with Crippen molar-refractivity contribution in [3.8, 4) is 5.75 Å². The lowest BCUT2D eigenvalue weighted by molar-refractivity contribution is -0.119. The number of aryl methyl sites for hydroxylation is 1. The van der Waals surface area contributed by atoms with Gasteiger partial charge >= 0.3 is 5.97 Å². The van der Waals surface area contributed by atoms with Crippen molar-refractivity contribution in [2.45, 2.75) is 20.4 Å². The molecular weight excluding hydrogens is 441 g/mol. The van der Waals surface area contributed by atoms with Crippen LogP contribution >= 0.6 is 23.2 Å². The van der Waals surface area contributed by atoms with Crippen molar-refractivity contribution in [3.63, 3.8) is 0 Å². The van der Waals surface area contributed by atoms with E-state index in [9.17, 15) is 9.59 Å². The molecule has 1 N–H and O–H groups in total. The van der Waals surface area contributed by atoms with Crippen molar-refractivity contribution in [2.24, 2.45) is 0 Å². The Morgan fingerprint density at radius 2 is 1.87 bits per heavy atom. The molecule has 0 radical (unpaired) electrons.